The lowest BCUT2D eigenvalue weighted by Crippen LogP contribution is -2.41. The van der Waals surface area contributed by atoms with E-state index in [-0.39, 0.29) is 12.1 Å². The van der Waals surface area contributed by atoms with Crippen LogP contribution >= 0.6 is 0 Å². The highest BCUT2D eigenvalue weighted by Crippen LogP contribution is 2.20. The molecule has 2 aromatic carbocycles. The molecule has 21 heavy (non-hydrogen) atoms. The van der Waals surface area contributed by atoms with Crippen LogP contribution in [0.5, 0.6) is 0 Å². The number of aliphatic hydroxyl groups is 1. The fourth-order valence-electron chi connectivity index (χ4n) is 2.34. The molecule has 0 radical (unpaired) electrons. The maximum atomic E-state index is 12.0. The summed E-state index contributed by atoms with van der Waals surface area (Å²) < 4.78 is 0. The Kier molecular flexibility index (Phi) is 4.81. The van der Waals surface area contributed by atoms with Crippen molar-refractivity contribution in [2.75, 3.05) is 13.6 Å². The molecule has 2 atom stereocenters. The van der Waals surface area contributed by atoms with Crippen molar-refractivity contribution in [2.24, 2.45) is 0 Å². The number of amides is 2. The smallest absolute Gasteiger partial charge is 0.317 e. The maximum absolute atomic E-state index is 12.0. The fraction of sp³-hybridized carbons (Fsp3) is 0.353. The highest BCUT2D eigenvalue weighted by molar-refractivity contribution is 5.83. The summed E-state index contributed by atoms with van der Waals surface area (Å²) in [7, 11) is 1.68. The monoisotopic (exact) mass is 286 g/mol. The molecule has 0 heterocycles. The molecule has 0 bridgehead atoms. The van der Waals surface area contributed by atoms with Gasteiger partial charge in [-0.3, -0.25) is 0 Å². The van der Waals surface area contributed by atoms with E-state index >= 15 is 0 Å². The van der Waals surface area contributed by atoms with Crippen molar-refractivity contribution in [3.8, 4) is 0 Å². The Morgan fingerprint density at radius 2 is 1.86 bits per heavy atom. The number of hydrogen-bond donors (Lipinski definition) is 2. The lowest BCUT2D eigenvalue weighted by Gasteiger charge is -2.22. The van der Waals surface area contributed by atoms with E-state index in [0.717, 1.165) is 10.9 Å². The van der Waals surface area contributed by atoms with Gasteiger partial charge in [-0.15, -0.1) is 0 Å². The number of aliphatic hydroxyl groups excluding tert-OH is 1. The Morgan fingerprint density at radius 1 is 1.19 bits per heavy atom. The van der Waals surface area contributed by atoms with E-state index in [4.69, 9.17) is 0 Å². The minimum Gasteiger partial charge on any atom is -0.392 e. The third-order valence-corrected chi connectivity index (χ3v) is 3.50. The number of hydrogen-bond acceptors (Lipinski definition) is 2. The van der Waals surface area contributed by atoms with Gasteiger partial charge in [-0.05, 0) is 36.2 Å². The van der Waals surface area contributed by atoms with Gasteiger partial charge in [0.05, 0.1) is 12.1 Å². The first-order chi connectivity index (χ1) is 9.97. The molecule has 0 aliphatic rings. The Bertz CT molecular complexity index is 625. The number of urea groups is 1. The Morgan fingerprint density at radius 3 is 2.52 bits per heavy atom. The van der Waals surface area contributed by atoms with Crippen LogP contribution < -0.4 is 5.32 Å². The van der Waals surface area contributed by atoms with Gasteiger partial charge in [0.2, 0.25) is 0 Å². The zero-order valence-corrected chi connectivity index (χ0v) is 12.7. The fourth-order valence-corrected chi connectivity index (χ4v) is 2.34. The number of nitrogens with one attached hydrogen (secondary N) is 1. The summed E-state index contributed by atoms with van der Waals surface area (Å²) in [5, 5.41) is 14.6. The van der Waals surface area contributed by atoms with E-state index in [1.165, 1.54) is 10.3 Å². The van der Waals surface area contributed by atoms with Crippen LogP contribution in [-0.4, -0.2) is 35.7 Å². The van der Waals surface area contributed by atoms with Crippen molar-refractivity contribution in [3.05, 3.63) is 48.0 Å². The minimum absolute atomic E-state index is 0.0847. The molecular formula is C17H22N2O2. The Balaban J connectivity index is 2.07. The normalized spacial score (nSPS) is 13.7. The first kappa shape index (κ1) is 15.3. The third kappa shape index (κ3) is 3.95. The van der Waals surface area contributed by atoms with E-state index < -0.39 is 6.10 Å². The molecular weight excluding hydrogens is 264 g/mol. The van der Waals surface area contributed by atoms with Gasteiger partial charge < -0.3 is 15.3 Å². The molecule has 2 rings (SSSR count). The predicted octanol–water partition coefficient (Wildman–Crippen LogP) is 2.92. The van der Waals surface area contributed by atoms with Crippen LogP contribution in [0.25, 0.3) is 10.8 Å². The van der Waals surface area contributed by atoms with Crippen LogP contribution in [0.4, 0.5) is 4.79 Å². The Hall–Kier alpha value is -2.07. The maximum Gasteiger partial charge on any atom is 0.317 e. The lowest BCUT2D eigenvalue weighted by atomic mass is 10.0. The molecule has 0 aliphatic carbocycles. The molecule has 0 aromatic heterocycles. The van der Waals surface area contributed by atoms with Crippen molar-refractivity contribution in [2.45, 2.75) is 26.0 Å². The number of fused-ring (bicyclic) bond motifs is 1. The molecule has 2 amide bonds. The molecule has 0 aliphatic heterocycles. The second-order valence-electron chi connectivity index (χ2n) is 5.51. The highest BCUT2D eigenvalue weighted by Gasteiger charge is 2.14. The van der Waals surface area contributed by atoms with Crippen molar-refractivity contribution < 1.29 is 9.90 Å². The number of nitrogens with zero attached hydrogens (tertiary/aromatic N) is 1. The van der Waals surface area contributed by atoms with Crippen LogP contribution in [0.15, 0.2) is 42.5 Å². The van der Waals surface area contributed by atoms with E-state index in [9.17, 15) is 9.90 Å². The van der Waals surface area contributed by atoms with Gasteiger partial charge in [-0.1, -0.05) is 36.4 Å². The second-order valence-corrected chi connectivity index (χ2v) is 5.51. The molecule has 2 N–H and O–H groups in total. The standard InChI is InChI=1S/C17H22N2O2/c1-12(20)11-19(3)17(21)18-13(2)15-9-8-14-6-4-5-7-16(14)10-15/h4-10,12-13,20H,11H2,1-3H3,(H,18,21). The molecule has 0 saturated carbocycles. The van der Waals surface area contributed by atoms with E-state index in [1.807, 2.05) is 25.1 Å². The third-order valence-electron chi connectivity index (χ3n) is 3.50. The number of rotatable bonds is 4. The molecule has 2 aromatic rings. The largest absolute Gasteiger partial charge is 0.392 e. The SMILES string of the molecule is CC(O)CN(C)C(=O)NC(C)c1ccc2ccccc2c1. The molecule has 0 saturated heterocycles. The summed E-state index contributed by atoms with van der Waals surface area (Å²) in [6.45, 7) is 3.94. The van der Waals surface area contributed by atoms with Gasteiger partial charge in [0.25, 0.3) is 0 Å². The van der Waals surface area contributed by atoms with Crippen molar-refractivity contribution in [3.63, 3.8) is 0 Å². The summed E-state index contributed by atoms with van der Waals surface area (Å²) >= 11 is 0. The average Bonchev–Trinajstić information content (AvgIpc) is 2.45. The number of carbonyl (C=O) groups is 1. The topological polar surface area (TPSA) is 52.6 Å². The highest BCUT2D eigenvalue weighted by atomic mass is 16.3. The molecule has 112 valence electrons. The summed E-state index contributed by atoms with van der Waals surface area (Å²) in [6, 6.07) is 14.1. The van der Waals surface area contributed by atoms with E-state index in [1.54, 1.807) is 14.0 Å². The zero-order chi connectivity index (χ0) is 15.4. The summed E-state index contributed by atoms with van der Waals surface area (Å²) in [5.74, 6) is 0. The predicted molar refractivity (Wildman–Crippen MR) is 85.2 cm³/mol. The number of carbonyl (C=O) groups excluding carboxylic acids is 1. The van der Waals surface area contributed by atoms with Gasteiger partial charge in [0, 0.05) is 13.6 Å². The van der Waals surface area contributed by atoms with Gasteiger partial charge >= 0.3 is 6.03 Å². The van der Waals surface area contributed by atoms with Crippen LogP contribution in [0.3, 0.4) is 0 Å². The van der Waals surface area contributed by atoms with Crippen molar-refractivity contribution in [1.29, 1.82) is 0 Å². The Labute approximate surface area is 125 Å². The molecule has 4 nitrogen and oxygen atoms in total. The van der Waals surface area contributed by atoms with Crippen LogP contribution in [0.2, 0.25) is 0 Å². The van der Waals surface area contributed by atoms with Gasteiger partial charge in [0.15, 0.2) is 0 Å². The van der Waals surface area contributed by atoms with E-state index in [2.05, 4.69) is 29.6 Å². The number of likely N-dealkylation sites (N-methyl/N-ethyl adjacent to an activating group) is 1. The van der Waals surface area contributed by atoms with Crippen LogP contribution in [-0.2, 0) is 0 Å². The summed E-state index contributed by atoms with van der Waals surface area (Å²) in [6.07, 6.45) is -0.531. The lowest BCUT2D eigenvalue weighted by molar-refractivity contribution is 0.142. The second kappa shape index (κ2) is 6.59. The van der Waals surface area contributed by atoms with Crippen molar-refractivity contribution >= 4 is 16.8 Å². The summed E-state index contributed by atoms with van der Waals surface area (Å²) in [4.78, 5) is 13.5. The van der Waals surface area contributed by atoms with Crippen LogP contribution in [0, 0.1) is 0 Å². The zero-order valence-electron chi connectivity index (χ0n) is 12.7. The number of benzene rings is 2. The average molecular weight is 286 g/mol. The van der Waals surface area contributed by atoms with Crippen LogP contribution in [0.1, 0.15) is 25.5 Å². The quantitative estimate of drug-likeness (QED) is 0.908. The first-order valence-corrected chi connectivity index (χ1v) is 7.16. The molecule has 4 heteroatoms. The van der Waals surface area contributed by atoms with Gasteiger partial charge in [-0.2, -0.15) is 0 Å². The van der Waals surface area contributed by atoms with Gasteiger partial charge in [0.1, 0.15) is 0 Å². The van der Waals surface area contributed by atoms with Crippen molar-refractivity contribution in [1.82, 2.24) is 10.2 Å². The van der Waals surface area contributed by atoms with E-state index in [0.29, 0.717) is 6.54 Å². The molecule has 0 spiro atoms. The molecule has 2 unspecified atom stereocenters. The summed E-state index contributed by atoms with van der Waals surface area (Å²) in [5.41, 5.74) is 1.06. The molecule has 0 fully saturated rings. The van der Waals surface area contributed by atoms with Gasteiger partial charge in [-0.25, -0.2) is 4.79 Å². The first-order valence-electron chi connectivity index (χ1n) is 7.16. The minimum atomic E-state index is -0.531.